The van der Waals surface area contributed by atoms with Crippen molar-refractivity contribution in [2.45, 2.75) is 19.3 Å². The van der Waals surface area contributed by atoms with E-state index < -0.39 is 0 Å². The number of aromatic nitrogens is 4. The van der Waals surface area contributed by atoms with E-state index in [0.29, 0.717) is 0 Å². The summed E-state index contributed by atoms with van der Waals surface area (Å²) in [5.41, 5.74) is 16.7. The Morgan fingerprint density at radius 3 is 1.51 bits per heavy atom. The number of rotatable bonds is 6. The van der Waals surface area contributed by atoms with Crippen LogP contribution in [0.25, 0.3) is 89.3 Å². The van der Waals surface area contributed by atoms with Gasteiger partial charge in [-0.1, -0.05) is 166 Å². The van der Waals surface area contributed by atoms with Gasteiger partial charge in [-0.15, -0.1) is 10.2 Å². The lowest BCUT2D eigenvalue weighted by Gasteiger charge is -2.22. The molecule has 2 aromatic heterocycles. The van der Waals surface area contributed by atoms with Gasteiger partial charge in [0.25, 0.3) is 0 Å². The molecule has 0 radical (unpaired) electrons. The van der Waals surface area contributed by atoms with Crippen LogP contribution in [-0.2, 0) is 5.41 Å². The average Bonchev–Trinajstić information content (AvgIpc) is 3.93. The molecule has 0 fully saturated rings. The van der Waals surface area contributed by atoms with Crippen molar-refractivity contribution in [1.29, 1.82) is 0 Å². The summed E-state index contributed by atoms with van der Waals surface area (Å²) in [6.07, 6.45) is 0. The maximum absolute atomic E-state index is 4.70. The summed E-state index contributed by atoms with van der Waals surface area (Å²) in [7, 11) is 0. The van der Waals surface area contributed by atoms with E-state index in [-0.39, 0.29) is 5.41 Å². The highest BCUT2D eigenvalue weighted by Gasteiger charge is 2.35. The lowest BCUT2D eigenvalue weighted by Crippen LogP contribution is -2.14. The van der Waals surface area contributed by atoms with E-state index in [2.05, 4.69) is 181 Å². The fourth-order valence-electron chi connectivity index (χ4n) is 9.10. The zero-order chi connectivity index (χ0) is 38.1. The van der Waals surface area contributed by atoms with Gasteiger partial charge in [0.05, 0.1) is 11.0 Å². The van der Waals surface area contributed by atoms with E-state index in [9.17, 15) is 0 Å². The number of hydrogen-bond acceptors (Lipinski definition) is 2. The van der Waals surface area contributed by atoms with Crippen LogP contribution in [0.2, 0.25) is 0 Å². The molecule has 1 aliphatic rings. The minimum Gasteiger partial charge on any atom is -0.309 e. The molecule has 0 saturated carbocycles. The molecule has 2 heterocycles. The molecule has 0 aliphatic heterocycles. The predicted molar refractivity (Wildman–Crippen MR) is 235 cm³/mol. The molecule has 270 valence electrons. The molecule has 0 saturated heterocycles. The van der Waals surface area contributed by atoms with E-state index in [4.69, 9.17) is 10.2 Å². The van der Waals surface area contributed by atoms with Gasteiger partial charge in [0, 0.05) is 38.7 Å². The molecule has 0 atom stereocenters. The van der Waals surface area contributed by atoms with Crippen molar-refractivity contribution >= 4 is 21.8 Å². The maximum Gasteiger partial charge on any atom is 0.168 e. The SMILES string of the molecule is CC1(C)c2ccccc2-c2ccc(-c3ccccc3-c3ccc4c5ccccc5n(-c5ccc(-n6c(-c7ccccc7)nnc6-c6ccccc6)cc5)c4c3)cc21. The summed E-state index contributed by atoms with van der Waals surface area (Å²) < 4.78 is 4.56. The first-order valence-electron chi connectivity index (χ1n) is 19.6. The molecule has 0 N–H and O–H groups in total. The second-order valence-electron chi connectivity index (χ2n) is 15.5. The summed E-state index contributed by atoms with van der Waals surface area (Å²) in [6, 6.07) is 69.8. The molecule has 57 heavy (non-hydrogen) atoms. The molecule has 4 nitrogen and oxygen atoms in total. The maximum atomic E-state index is 4.70. The standard InChI is InChI=1S/C53H38N4/c1-53(2)47-23-13-11-21-43(47)44-31-25-37(33-48(44)53)41-19-9-10-20-42(41)38-26-32-46-45-22-12-14-24-49(45)56(50(46)34-38)39-27-29-40(30-28-39)57-51(35-15-5-3-6-16-35)54-55-52(57)36-17-7-4-8-18-36/h3-34H,1-2H3. The van der Waals surface area contributed by atoms with E-state index in [1.54, 1.807) is 0 Å². The third-order valence-electron chi connectivity index (χ3n) is 11.9. The van der Waals surface area contributed by atoms with Gasteiger partial charge in [0.15, 0.2) is 11.6 Å². The van der Waals surface area contributed by atoms with Crippen LogP contribution in [0, 0.1) is 0 Å². The van der Waals surface area contributed by atoms with Gasteiger partial charge < -0.3 is 4.57 Å². The second-order valence-corrected chi connectivity index (χ2v) is 15.5. The number of para-hydroxylation sites is 1. The second kappa shape index (κ2) is 12.9. The van der Waals surface area contributed by atoms with Crippen LogP contribution in [0.5, 0.6) is 0 Å². The summed E-state index contributed by atoms with van der Waals surface area (Å²) in [5, 5.41) is 11.9. The van der Waals surface area contributed by atoms with Gasteiger partial charge >= 0.3 is 0 Å². The van der Waals surface area contributed by atoms with Crippen molar-refractivity contribution in [3.8, 4) is 67.5 Å². The van der Waals surface area contributed by atoms with Crippen LogP contribution < -0.4 is 0 Å². The van der Waals surface area contributed by atoms with E-state index in [1.165, 1.54) is 66.3 Å². The summed E-state index contributed by atoms with van der Waals surface area (Å²) >= 11 is 0. The van der Waals surface area contributed by atoms with Crippen LogP contribution in [0.1, 0.15) is 25.0 Å². The predicted octanol–water partition coefficient (Wildman–Crippen LogP) is 13.3. The molecule has 4 heteroatoms. The van der Waals surface area contributed by atoms with Gasteiger partial charge in [0.1, 0.15) is 0 Å². The smallest absolute Gasteiger partial charge is 0.168 e. The Hall–Kier alpha value is -7.30. The van der Waals surface area contributed by atoms with Gasteiger partial charge in [-0.25, -0.2) is 0 Å². The van der Waals surface area contributed by atoms with Gasteiger partial charge in [-0.3, -0.25) is 4.57 Å². The molecule has 0 bridgehead atoms. The Kier molecular flexibility index (Phi) is 7.48. The summed E-state index contributed by atoms with van der Waals surface area (Å²) in [4.78, 5) is 0. The largest absolute Gasteiger partial charge is 0.309 e. The Labute approximate surface area is 332 Å². The third kappa shape index (κ3) is 5.22. The van der Waals surface area contributed by atoms with E-state index in [0.717, 1.165) is 34.2 Å². The van der Waals surface area contributed by atoms with Crippen molar-refractivity contribution in [2.24, 2.45) is 0 Å². The van der Waals surface area contributed by atoms with Crippen LogP contribution in [0.3, 0.4) is 0 Å². The molecule has 0 unspecified atom stereocenters. The zero-order valence-electron chi connectivity index (χ0n) is 31.8. The average molecular weight is 731 g/mol. The first kappa shape index (κ1) is 33.1. The molecule has 0 amide bonds. The first-order valence-corrected chi connectivity index (χ1v) is 19.6. The Morgan fingerprint density at radius 1 is 0.351 bits per heavy atom. The van der Waals surface area contributed by atoms with E-state index in [1.807, 2.05) is 36.4 Å². The Bertz CT molecular complexity index is 3080. The lowest BCUT2D eigenvalue weighted by molar-refractivity contribution is 0.660. The molecular weight excluding hydrogens is 693 g/mol. The fraction of sp³-hybridized carbons (Fsp3) is 0.0566. The van der Waals surface area contributed by atoms with Gasteiger partial charge in [-0.05, 0) is 87.0 Å². The fourth-order valence-corrected chi connectivity index (χ4v) is 9.10. The number of nitrogens with zero attached hydrogens (tertiary/aromatic N) is 4. The van der Waals surface area contributed by atoms with Crippen LogP contribution in [0.15, 0.2) is 194 Å². The molecule has 10 aromatic rings. The van der Waals surface area contributed by atoms with E-state index >= 15 is 0 Å². The molecular formula is C53H38N4. The minimum atomic E-state index is -0.0626. The monoisotopic (exact) mass is 730 g/mol. The van der Waals surface area contributed by atoms with Crippen molar-refractivity contribution in [2.75, 3.05) is 0 Å². The van der Waals surface area contributed by atoms with Crippen molar-refractivity contribution in [1.82, 2.24) is 19.3 Å². The Balaban J connectivity index is 1.04. The summed E-state index contributed by atoms with van der Waals surface area (Å²) in [6.45, 7) is 4.70. The third-order valence-corrected chi connectivity index (χ3v) is 11.9. The molecule has 0 spiro atoms. The molecule has 1 aliphatic carbocycles. The normalized spacial score (nSPS) is 12.9. The zero-order valence-corrected chi connectivity index (χ0v) is 31.8. The number of fused-ring (bicyclic) bond motifs is 6. The highest BCUT2D eigenvalue weighted by molar-refractivity contribution is 6.10. The van der Waals surface area contributed by atoms with Crippen molar-refractivity contribution < 1.29 is 0 Å². The highest BCUT2D eigenvalue weighted by Crippen LogP contribution is 2.50. The van der Waals surface area contributed by atoms with Crippen LogP contribution in [0.4, 0.5) is 0 Å². The van der Waals surface area contributed by atoms with Crippen molar-refractivity contribution in [3.05, 3.63) is 205 Å². The Morgan fingerprint density at radius 2 is 0.842 bits per heavy atom. The van der Waals surface area contributed by atoms with Gasteiger partial charge in [-0.2, -0.15) is 0 Å². The quantitative estimate of drug-likeness (QED) is 0.171. The van der Waals surface area contributed by atoms with Crippen LogP contribution in [-0.4, -0.2) is 19.3 Å². The van der Waals surface area contributed by atoms with Crippen molar-refractivity contribution in [3.63, 3.8) is 0 Å². The number of benzene rings is 8. The molecule has 11 rings (SSSR count). The van der Waals surface area contributed by atoms with Gasteiger partial charge in [0.2, 0.25) is 0 Å². The lowest BCUT2D eigenvalue weighted by atomic mass is 9.81. The number of hydrogen-bond donors (Lipinski definition) is 0. The minimum absolute atomic E-state index is 0.0626. The van der Waals surface area contributed by atoms with Crippen LogP contribution >= 0.6 is 0 Å². The summed E-state index contributed by atoms with van der Waals surface area (Å²) in [5.74, 6) is 1.61. The highest BCUT2D eigenvalue weighted by atomic mass is 15.3. The first-order chi connectivity index (χ1) is 28.0. The topological polar surface area (TPSA) is 35.6 Å². The molecule has 8 aromatic carbocycles.